The number of carbonyl (C=O) groups is 1. The minimum Gasteiger partial charge on any atom is -0.490 e. The molecule has 2 aromatic rings. The molecular weight excluding hydrogens is 459 g/mol. The molecule has 1 aromatic carbocycles. The van der Waals surface area contributed by atoms with Crippen LogP contribution >= 0.6 is 0 Å². The Labute approximate surface area is 199 Å². The molecule has 1 aromatic heterocycles. The number of amides is 1. The van der Waals surface area contributed by atoms with Crippen molar-refractivity contribution in [2.24, 2.45) is 0 Å². The van der Waals surface area contributed by atoms with Crippen LogP contribution < -0.4 is 9.64 Å². The molecule has 0 saturated carbocycles. The molecule has 3 aliphatic rings. The largest absolute Gasteiger partial charge is 0.490 e. The molecule has 0 bridgehead atoms. The number of halogens is 1. The van der Waals surface area contributed by atoms with Crippen LogP contribution in [-0.4, -0.2) is 73.4 Å². The zero-order valence-corrected chi connectivity index (χ0v) is 20.0. The van der Waals surface area contributed by atoms with E-state index in [4.69, 9.17) is 4.74 Å². The topological polar surface area (TPSA) is 83.1 Å². The highest BCUT2D eigenvalue weighted by molar-refractivity contribution is 7.89. The quantitative estimate of drug-likeness (QED) is 0.658. The van der Waals surface area contributed by atoms with E-state index in [0.717, 1.165) is 37.8 Å². The lowest BCUT2D eigenvalue weighted by Crippen LogP contribution is -2.52. The molecule has 0 spiro atoms. The van der Waals surface area contributed by atoms with Gasteiger partial charge in [0.2, 0.25) is 10.0 Å². The predicted octanol–water partition coefficient (Wildman–Crippen LogP) is 2.90. The molecule has 34 heavy (non-hydrogen) atoms. The maximum Gasteiger partial charge on any atom is 0.259 e. The highest BCUT2D eigenvalue weighted by atomic mass is 32.2. The Morgan fingerprint density at radius 2 is 1.79 bits per heavy atom. The van der Waals surface area contributed by atoms with Gasteiger partial charge in [0.25, 0.3) is 5.91 Å². The summed E-state index contributed by atoms with van der Waals surface area (Å²) >= 11 is 0. The summed E-state index contributed by atoms with van der Waals surface area (Å²) in [5.41, 5.74) is 0.439. The smallest absolute Gasteiger partial charge is 0.259 e. The van der Waals surface area contributed by atoms with Gasteiger partial charge >= 0.3 is 0 Å². The van der Waals surface area contributed by atoms with Crippen molar-refractivity contribution in [3.63, 3.8) is 0 Å². The molecule has 0 N–H and O–H groups in total. The maximum absolute atomic E-state index is 14.1. The van der Waals surface area contributed by atoms with E-state index in [2.05, 4.69) is 9.88 Å². The number of carbonyl (C=O) groups excluding carboxylic acids is 1. The summed E-state index contributed by atoms with van der Waals surface area (Å²) in [7, 11) is -3.93. The molecule has 1 amide bonds. The Balaban J connectivity index is 1.32. The number of piperidine rings is 1. The first kappa shape index (κ1) is 23.0. The summed E-state index contributed by atoms with van der Waals surface area (Å²) in [6, 6.07) is 6.97. The van der Waals surface area contributed by atoms with E-state index >= 15 is 0 Å². The van der Waals surface area contributed by atoms with Crippen LogP contribution in [0.25, 0.3) is 0 Å². The maximum atomic E-state index is 14.1. The van der Waals surface area contributed by atoms with E-state index in [0.29, 0.717) is 30.8 Å². The molecule has 0 unspecified atom stereocenters. The molecule has 182 valence electrons. The lowest BCUT2D eigenvalue weighted by atomic mass is 10.0. The minimum atomic E-state index is -3.93. The number of ether oxygens (including phenoxy) is 1. The van der Waals surface area contributed by atoms with Crippen molar-refractivity contribution >= 4 is 21.7 Å². The summed E-state index contributed by atoms with van der Waals surface area (Å²) in [6.07, 6.45) is 4.81. The van der Waals surface area contributed by atoms with Gasteiger partial charge in [0, 0.05) is 44.5 Å². The van der Waals surface area contributed by atoms with E-state index in [1.54, 1.807) is 6.20 Å². The van der Waals surface area contributed by atoms with Gasteiger partial charge < -0.3 is 14.5 Å². The first-order chi connectivity index (χ1) is 16.4. The van der Waals surface area contributed by atoms with Crippen molar-refractivity contribution in [3.8, 4) is 5.75 Å². The summed E-state index contributed by atoms with van der Waals surface area (Å²) in [4.78, 5) is 21.8. The molecule has 4 heterocycles. The fourth-order valence-corrected chi connectivity index (χ4v) is 6.67. The predicted molar refractivity (Wildman–Crippen MR) is 125 cm³/mol. The van der Waals surface area contributed by atoms with Gasteiger partial charge in [-0.25, -0.2) is 17.8 Å². The second-order valence-electron chi connectivity index (χ2n) is 9.17. The number of sulfonamides is 1. The van der Waals surface area contributed by atoms with Crippen molar-refractivity contribution < 1.29 is 22.3 Å². The fraction of sp³-hybridized carbons (Fsp3) is 0.500. The number of rotatable bonds is 4. The highest BCUT2D eigenvalue weighted by Gasteiger charge is 2.38. The van der Waals surface area contributed by atoms with Crippen LogP contribution in [0.3, 0.4) is 0 Å². The minimum absolute atomic E-state index is 0.137. The Bertz CT molecular complexity index is 1180. The number of hydrogen-bond acceptors (Lipinski definition) is 6. The molecule has 0 aliphatic carbocycles. The normalized spacial score (nSPS) is 22.4. The second-order valence-corrected chi connectivity index (χ2v) is 11.1. The monoisotopic (exact) mass is 488 g/mol. The third-order valence-electron chi connectivity index (χ3n) is 6.97. The summed E-state index contributed by atoms with van der Waals surface area (Å²) < 4.78 is 47.4. The van der Waals surface area contributed by atoms with E-state index in [9.17, 15) is 17.6 Å². The standard InChI is InChI=1S/C24H29FN4O4S/c1-17-16-33-21-14-23(27-10-4-5-11-27)26-15-19(21)24(30)29(17)18-8-12-28(13-9-18)34(31,32)22-7-3-2-6-20(22)25/h2-3,6-7,14-15,17-18H,4-5,8-13,16H2,1H3/t17-/m1/s1. The van der Waals surface area contributed by atoms with Gasteiger partial charge in [-0.15, -0.1) is 0 Å². The van der Waals surface area contributed by atoms with E-state index in [1.165, 1.54) is 22.5 Å². The third-order valence-corrected chi connectivity index (χ3v) is 8.90. The van der Waals surface area contributed by atoms with Crippen LogP contribution in [0.2, 0.25) is 0 Å². The average molecular weight is 489 g/mol. The Hall–Kier alpha value is -2.72. The van der Waals surface area contributed by atoms with Crippen molar-refractivity contribution in [2.45, 2.75) is 49.6 Å². The number of anilines is 1. The van der Waals surface area contributed by atoms with Gasteiger partial charge in [-0.05, 0) is 44.7 Å². The van der Waals surface area contributed by atoms with Crippen LogP contribution in [-0.2, 0) is 10.0 Å². The number of hydrogen-bond donors (Lipinski definition) is 0. The first-order valence-electron chi connectivity index (χ1n) is 11.8. The Morgan fingerprint density at radius 1 is 1.09 bits per heavy atom. The highest BCUT2D eigenvalue weighted by Crippen LogP contribution is 2.33. The van der Waals surface area contributed by atoms with Gasteiger partial charge in [0.1, 0.15) is 34.5 Å². The average Bonchev–Trinajstić information content (AvgIpc) is 3.34. The SMILES string of the molecule is C[C@@H]1COc2cc(N3CCCC3)ncc2C(=O)N1C1CCN(S(=O)(=O)c2ccccc2F)CC1. The van der Waals surface area contributed by atoms with Crippen LogP contribution in [0.15, 0.2) is 41.4 Å². The van der Waals surface area contributed by atoms with Crippen molar-refractivity contribution in [1.29, 1.82) is 0 Å². The van der Waals surface area contributed by atoms with Gasteiger partial charge in [0.05, 0.1) is 6.04 Å². The zero-order valence-electron chi connectivity index (χ0n) is 19.2. The van der Waals surface area contributed by atoms with Crippen LogP contribution in [0.5, 0.6) is 5.75 Å². The van der Waals surface area contributed by atoms with E-state index in [1.807, 2.05) is 17.9 Å². The van der Waals surface area contributed by atoms with Crippen molar-refractivity contribution in [1.82, 2.24) is 14.2 Å². The van der Waals surface area contributed by atoms with Crippen LogP contribution in [0, 0.1) is 5.82 Å². The van der Waals surface area contributed by atoms with E-state index in [-0.39, 0.29) is 36.0 Å². The number of nitrogens with zero attached hydrogens (tertiary/aromatic N) is 4. The van der Waals surface area contributed by atoms with E-state index < -0.39 is 15.8 Å². The number of benzene rings is 1. The molecule has 10 heteroatoms. The summed E-state index contributed by atoms with van der Waals surface area (Å²) in [6.45, 7) is 4.65. The van der Waals surface area contributed by atoms with Crippen molar-refractivity contribution in [3.05, 3.63) is 47.9 Å². The lowest BCUT2D eigenvalue weighted by Gasteiger charge is -2.40. The molecule has 0 radical (unpaired) electrons. The molecule has 8 nitrogen and oxygen atoms in total. The Kier molecular flexibility index (Phi) is 6.20. The number of aromatic nitrogens is 1. The summed E-state index contributed by atoms with van der Waals surface area (Å²) in [5, 5.41) is 0. The molecule has 3 aliphatic heterocycles. The zero-order chi connectivity index (χ0) is 23.9. The van der Waals surface area contributed by atoms with Crippen LogP contribution in [0.4, 0.5) is 10.2 Å². The molecule has 5 rings (SSSR count). The molecule has 2 fully saturated rings. The van der Waals surface area contributed by atoms with Gasteiger partial charge in [-0.2, -0.15) is 4.31 Å². The lowest BCUT2D eigenvalue weighted by molar-refractivity contribution is 0.0480. The number of pyridine rings is 1. The molecular formula is C24H29FN4O4S. The fourth-order valence-electron chi connectivity index (χ4n) is 5.14. The molecule has 2 saturated heterocycles. The summed E-state index contributed by atoms with van der Waals surface area (Å²) in [5.74, 6) is 0.485. The van der Waals surface area contributed by atoms with Crippen LogP contribution in [0.1, 0.15) is 43.0 Å². The van der Waals surface area contributed by atoms with Gasteiger partial charge in [-0.1, -0.05) is 12.1 Å². The first-order valence-corrected chi connectivity index (χ1v) is 13.3. The van der Waals surface area contributed by atoms with Gasteiger partial charge in [-0.3, -0.25) is 4.79 Å². The number of fused-ring (bicyclic) bond motifs is 1. The Morgan fingerprint density at radius 3 is 2.50 bits per heavy atom. The third kappa shape index (κ3) is 4.13. The second kappa shape index (κ2) is 9.14. The van der Waals surface area contributed by atoms with Crippen molar-refractivity contribution in [2.75, 3.05) is 37.7 Å². The van der Waals surface area contributed by atoms with Gasteiger partial charge in [0.15, 0.2) is 0 Å². The molecule has 1 atom stereocenters.